The molecule has 7 heteroatoms. The molecule has 1 atom stereocenters. The van der Waals surface area contributed by atoms with Gasteiger partial charge < -0.3 is 19.9 Å². The van der Waals surface area contributed by atoms with E-state index in [1.165, 1.54) is 0 Å². The number of nitrogens with zero attached hydrogens (tertiary/aromatic N) is 2. The lowest BCUT2D eigenvalue weighted by Gasteiger charge is -2.23. The van der Waals surface area contributed by atoms with E-state index in [9.17, 15) is 9.59 Å². The van der Waals surface area contributed by atoms with Crippen LogP contribution in [-0.2, 0) is 17.8 Å². The molecule has 31 heavy (non-hydrogen) atoms. The van der Waals surface area contributed by atoms with Crippen LogP contribution < -0.4 is 15.4 Å². The fourth-order valence-corrected chi connectivity index (χ4v) is 4.19. The molecule has 1 unspecified atom stereocenters. The first kappa shape index (κ1) is 19.4. The van der Waals surface area contributed by atoms with E-state index >= 15 is 0 Å². The van der Waals surface area contributed by atoms with Gasteiger partial charge in [-0.05, 0) is 44.4 Å². The van der Waals surface area contributed by atoms with Crippen LogP contribution in [0.3, 0.4) is 0 Å². The second-order valence-corrected chi connectivity index (χ2v) is 7.97. The quantitative estimate of drug-likeness (QED) is 0.669. The summed E-state index contributed by atoms with van der Waals surface area (Å²) in [5, 5.41) is 5.76. The highest BCUT2D eigenvalue weighted by Crippen LogP contribution is 2.33. The van der Waals surface area contributed by atoms with E-state index in [4.69, 9.17) is 9.72 Å². The molecule has 3 heterocycles. The van der Waals surface area contributed by atoms with E-state index in [0.717, 1.165) is 49.3 Å². The van der Waals surface area contributed by atoms with Crippen molar-refractivity contribution in [3.8, 4) is 17.1 Å². The van der Waals surface area contributed by atoms with Gasteiger partial charge in [-0.3, -0.25) is 9.59 Å². The Morgan fingerprint density at radius 3 is 2.84 bits per heavy atom. The van der Waals surface area contributed by atoms with Gasteiger partial charge >= 0.3 is 0 Å². The van der Waals surface area contributed by atoms with Gasteiger partial charge in [0, 0.05) is 17.8 Å². The van der Waals surface area contributed by atoms with Crippen LogP contribution in [0, 0.1) is 0 Å². The maximum Gasteiger partial charge on any atom is 0.276 e. The summed E-state index contributed by atoms with van der Waals surface area (Å²) in [4.78, 5) is 29.9. The Balaban J connectivity index is 1.47. The highest BCUT2D eigenvalue weighted by atomic mass is 16.5. The summed E-state index contributed by atoms with van der Waals surface area (Å²) in [5.74, 6) is 0.974. The zero-order chi connectivity index (χ0) is 21.4. The Morgan fingerprint density at radius 2 is 2.00 bits per heavy atom. The monoisotopic (exact) mass is 416 g/mol. The van der Waals surface area contributed by atoms with Crippen LogP contribution in [0.15, 0.2) is 48.5 Å². The van der Waals surface area contributed by atoms with E-state index in [2.05, 4.69) is 15.2 Å². The van der Waals surface area contributed by atoms with Gasteiger partial charge in [0.15, 0.2) is 6.10 Å². The van der Waals surface area contributed by atoms with Crippen LogP contribution >= 0.6 is 0 Å². The standard InChI is InChI=1S/C24H24N4O3/c1-15-23(29)26-18-14-17(11-12-20(18)31-15)25-24(30)21-19-10-6-3-7-13-28(19)22(27-21)16-8-4-2-5-9-16/h2,4-5,8-9,11-12,14-15H,3,6-7,10,13H2,1H3,(H,25,30)(H,26,29). The van der Waals surface area contributed by atoms with Crippen LogP contribution in [0.5, 0.6) is 5.75 Å². The number of benzene rings is 2. The Bertz CT molecular complexity index is 1150. The number of fused-ring (bicyclic) bond motifs is 2. The first-order chi connectivity index (χ1) is 15.1. The van der Waals surface area contributed by atoms with Crippen molar-refractivity contribution in [2.45, 2.75) is 45.3 Å². The van der Waals surface area contributed by atoms with E-state index in [1.807, 2.05) is 30.3 Å². The maximum absolute atomic E-state index is 13.2. The van der Waals surface area contributed by atoms with Gasteiger partial charge in [0.2, 0.25) is 0 Å². The molecule has 2 aliphatic heterocycles. The third kappa shape index (κ3) is 3.67. The molecule has 7 nitrogen and oxygen atoms in total. The first-order valence-electron chi connectivity index (χ1n) is 10.7. The summed E-state index contributed by atoms with van der Waals surface area (Å²) in [6.45, 7) is 2.56. The number of aromatic nitrogens is 2. The second kappa shape index (κ2) is 7.91. The third-order valence-electron chi connectivity index (χ3n) is 5.78. The number of amides is 2. The number of carbonyl (C=O) groups is 2. The van der Waals surface area contributed by atoms with Crippen molar-refractivity contribution in [1.29, 1.82) is 0 Å². The zero-order valence-electron chi connectivity index (χ0n) is 17.4. The van der Waals surface area contributed by atoms with Gasteiger partial charge in [-0.1, -0.05) is 36.8 Å². The highest BCUT2D eigenvalue weighted by molar-refractivity contribution is 6.05. The van der Waals surface area contributed by atoms with E-state index < -0.39 is 6.10 Å². The lowest BCUT2D eigenvalue weighted by molar-refractivity contribution is -0.122. The molecule has 0 saturated carbocycles. The summed E-state index contributed by atoms with van der Waals surface area (Å²) < 4.78 is 7.78. The minimum Gasteiger partial charge on any atom is -0.479 e. The minimum atomic E-state index is -0.537. The molecule has 5 rings (SSSR count). The molecule has 0 radical (unpaired) electrons. The van der Waals surface area contributed by atoms with Crippen molar-refractivity contribution in [2.24, 2.45) is 0 Å². The first-order valence-corrected chi connectivity index (χ1v) is 10.7. The molecule has 0 aliphatic carbocycles. The zero-order valence-corrected chi connectivity index (χ0v) is 17.4. The van der Waals surface area contributed by atoms with Gasteiger partial charge in [0.1, 0.15) is 17.3 Å². The van der Waals surface area contributed by atoms with Crippen molar-refractivity contribution in [2.75, 3.05) is 10.6 Å². The number of hydrogen-bond acceptors (Lipinski definition) is 4. The summed E-state index contributed by atoms with van der Waals surface area (Å²) in [6, 6.07) is 15.2. The lowest BCUT2D eigenvalue weighted by atomic mass is 10.1. The summed E-state index contributed by atoms with van der Waals surface area (Å²) in [5.41, 5.74) is 3.59. The Kier molecular flexibility index (Phi) is 4.94. The number of ether oxygens (including phenoxy) is 1. The molecule has 3 aromatic rings. The van der Waals surface area contributed by atoms with Crippen molar-refractivity contribution in [3.05, 3.63) is 59.9 Å². The average Bonchev–Trinajstić information content (AvgIpc) is 2.96. The van der Waals surface area contributed by atoms with Gasteiger partial charge in [-0.2, -0.15) is 0 Å². The van der Waals surface area contributed by atoms with Gasteiger partial charge in [0.05, 0.1) is 11.4 Å². The number of carbonyl (C=O) groups excluding carboxylic acids is 2. The molecule has 2 aromatic carbocycles. The van der Waals surface area contributed by atoms with Crippen LogP contribution in [-0.4, -0.2) is 27.5 Å². The molecule has 0 fully saturated rings. The Labute approximate surface area is 180 Å². The molecule has 2 aliphatic rings. The van der Waals surface area contributed by atoms with Crippen molar-refractivity contribution in [1.82, 2.24) is 9.55 Å². The molecule has 2 amide bonds. The number of hydrogen-bond donors (Lipinski definition) is 2. The van der Waals surface area contributed by atoms with E-state index in [-0.39, 0.29) is 11.8 Å². The van der Waals surface area contributed by atoms with Crippen LogP contribution in [0.1, 0.15) is 42.4 Å². The summed E-state index contributed by atoms with van der Waals surface area (Å²) in [7, 11) is 0. The van der Waals surface area contributed by atoms with Crippen molar-refractivity contribution < 1.29 is 14.3 Å². The topological polar surface area (TPSA) is 85.2 Å². The van der Waals surface area contributed by atoms with Gasteiger partial charge in [-0.25, -0.2) is 4.98 Å². The third-order valence-corrected chi connectivity index (χ3v) is 5.78. The van der Waals surface area contributed by atoms with Crippen molar-refractivity contribution in [3.63, 3.8) is 0 Å². The largest absolute Gasteiger partial charge is 0.479 e. The van der Waals surface area contributed by atoms with E-state index in [1.54, 1.807) is 25.1 Å². The number of nitrogens with one attached hydrogen (secondary N) is 2. The Morgan fingerprint density at radius 1 is 1.16 bits per heavy atom. The minimum absolute atomic E-state index is 0.206. The van der Waals surface area contributed by atoms with Gasteiger partial charge in [0.25, 0.3) is 11.8 Å². The molecule has 0 saturated heterocycles. The fourth-order valence-electron chi connectivity index (χ4n) is 4.19. The van der Waals surface area contributed by atoms with E-state index in [0.29, 0.717) is 22.8 Å². The second-order valence-electron chi connectivity index (χ2n) is 7.97. The average molecular weight is 416 g/mol. The summed E-state index contributed by atoms with van der Waals surface area (Å²) >= 11 is 0. The smallest absolute Gasteiger partial charge is 0.276 e. The molecule has 0 spiro atoms. The predicted molar refractivity (Wildman–Crippen MR) is 118 cm³/mol. The fraction of sp³-hybridized carbons (Fsp3) is 0.292. The van der Waals surface area contributed by atoms with Gasteiger partial charge in [-0.15, -0.1) is 0 Å². The molecular weight excluding hydrogens is 392 g/mol. The number of rotatable bonds is 3. The maximum atomic E-state index is 13.2. The Hall–Kier alpha value is -3.61. The SMILES string of the molecule is CC1Oc2ccc(NC(=O)c3nc(-c4ccccc4)n4c3CCCCC4)cc2NC1=O. The highest BCUT2D eigenvalue weighted by Gasteiger charge is 2.26. The normalized spacial score (nSPS) is 17.6. The molecular formula is C24H24N4O3. The van der Waals surface area contributed by atoms with Crippen LogP contribution in [0.4, 0.5) is 11.4 Å². The predicted octanol–water partition coefficient (Wildman–Crippen LogP) is 4.25. The van der Waals surface area contributed by atoms with Crippen LogP contribution in [0.25, 0.3) is 11.4 Å². The summed E-state index contributed by atoms with van der Waals surface area (Å²) in [6.07, 6.45) is 3.55. The molecule has 1 aromatic heterocycles. The van der Waals surface area contributed by atoms with Crippen molar-refractivity contribution >= 4 is 23.2 Å². The molecule has 158 valence electrons. The molecule has 2 N–H and O–H groups in total. The number of anilines is 2. The number of imidazole rings is 1. The molecule has 0 bridgehead atoms. The lowest BCUT2D eigenvalue weighted by Crippen LogP contribution is -2.34. The van der Waals surface area contributed by atoms with Crippen LogP contribution in [0.2, 0.25) is 0 Å².